The van der Waals surface area contributed by atoms with Crippen LogP contribution in [-0.4, -0.2) is 84.5 Å². The molecule has 0 saturated carbocycles. The molecular formula is C43H52FN5O4. The predicted molar refractivity (Wildman–Crippen MR) is 204 cm³/mol. The van der Waals surface area contributed by atoms with E-state index in [4.69, 9.17) is 0 Å². The molecule has 0 radical (unpaired) electrons. The number of anilines is 2. The Bertz CT molecular complexity index is 1880. The number of aryl methyl sites for hydroxylation is 1. The number of nitrogens with one attached hydrogen (secondary N) is 1. The lowest BCUT2D eigenvalue weighted by atomic mass is 9.69. The molecule has 9 nitrogen and oxygen atoms in total. The van der Waals surface area contributed by atoms with E-state index in [2.05, 4.69) is 52.1 Å². The lowest BCUT2D eigenvalue weighted by Gasteiger charge is -2.40. The van der Waals surface area contributed by atoms with Crippen LogP contribution in [0.2, 0.25) is 0 Å². The van der Waals surface area contributed by atoms with Crippen LogP contribution in [0.25, 0.3) is 0 Å². The van der Waals surface area contributed by atoms with E-state index in [1.165, 1.54) is 11.1 Å². The molecule has 2 N–H and O–H groups in total. The van der Waals surface area contributed by atoms with Gasteiger partial charge in [0.1, 0.15) is 17.6 Å². The highest BCUT2D eigenvalue weighted by molar-refractivity contribution is 6.05. The SMILES string of the molecule is CC(C)C[C@@H]1CCc2cc(O)ccc2[C@@H]1c1ccc(N2CCC(CN3CCN(c4ccc5c(c4)CN([C@@H]4CCC(=O)NC4=O)C5=O)CC3)CC2)c(F)c1. The number of amides is 3. The van der Waals surface area contributed by atoms with Crippen LogP contribution in [0.3, 0.4) is 0 Å². The summed E-state index contributed by atoms with van der Waals surface area (Å²) in [6.07, 6.45) is 5.80. The topological polar surface area (TPSA) is 96.4 Å². The van der Waals surface area contributed by atoms with E-state index < -0.39 is 6.04 Å². The van der Waals surface area contributed by atoms with Crippen molar-refractivity contribution in [1.29, 1.82) is 0 Å². The molecule has 8 rings (SSSR count). The number of benzene rings is 3. The van der Waals surface area contributed by atoms with Crippen LogP contribution >= 0.6 is 0 Å². The van der Waals surface area contributed by atoms with Crippen molar-refractivity contribution in [3.05, 3.63) is 88.2 Å². The molecule has 0 aromatic heterocycles. The van der Waals surface area contributed by atoms with Crippen LogP contribution in [0.1, 0.15) is 90.9 Å². The first-order valence-corrected chi connectivity index (χ1v) is 19.7. The Morgan fingerprint density at radius 1 is 0.830 bits per heavy atom. The van der Waals surface area contributed by atoms with Gasteiger partial charge in [0.05, 0.1) is 5.69 Å². The Kier molecular flexibility index (Phi) is 9.91. The van der Waals surface area contributed by atoms with Crippen molar-refractivity contribution in [2.24, 2.45) is 17.8 Å². The summed E-state index contributed by atoms with van der Waals surface area (Å²) in [5, 5.41) is 12.5. The molecule has 0 bridgehead atoms. The first-order chi connectivity index (χ1) is 25.6. The lowest BCUT2D eigenvalue weighted by molar-refractivity contribution is -0.136. The second-order valence-electron chi connectivity index (χ2n) is 16.5. The zero-order chi connectivity index (χ0) is 36.8. The number of carbonyl (C=O) groups is 3. The molecule has 1 aliphatic carbocycles. The van der Waals surface area contributed by atoms with Crippen LogP contribution in [0.4, 0.5) is 15.8 Å². The fraction of sp³-hybridized carbons (Fsp3) is 0.512. The zero-order valence-electron chi connectivity index (χ0n) is 31.0. The smallest absolute Gasteiger partial charge is 0.255 e. The molecule has 0 unspecified atom stereocenters. The van der Waals surface area contributed by atoms with Gasteiger partial charge in [-0.1, -0.05) is 26.0 Å². The largest absolute Gasteiger partial charge is 0.508 e. The Labute approximate surface area is 312 Å². The van der Waals surface area contributed by atoms with Crippen molar-refractivity contribution < 1.29 is 23.9 Å². The average Bonchev–Trinajstić information content (AvgIpc) is 3.47. The van der Waals surface area contributed by atoms with Gasteiger partial charge in [0.25, 0.3) is 5.91 Å². The molecule has 3 amide bonds. The summed E-state index contributed by atoms with van der Waals surface area (Å²) in [7, 11) is 0. The molecule has 3 saturated heterocycles. The molecule has 53 heavy (non-hydrogen) atoms. The molecule has 4 heterocycles. The molecule has 280 valence electrons. The van der Waals surface area contributed by atoms with E-state index in [1.54, 1.807) is 17.0 Å². The quantitative estimate of drug-likeness (QED) is 0.273. The summed E-state index contributed by atoms with van der Waals surface area (Å²) < 4.78 is 16.0. The maximum Gasteiger partial charge on any atom is 0.255 e. The minimum Gasteiger partial charge on any atom is -0.508 e. The van der Waals surface area contributed by atoms with E-state index in [0.29, 0.717) is 47.7 Å². The van der Waals surface area contributed by atoms with Crippen molar-refractivity contribution in [2.45, 2.75) is 77.3 Å². The highest BCUT2D eigenvalue weighted by Crippen LogP contribution is 2.45. The van der Waals surface area contributed by atoms with Gasteiger partial charge in [0.2, 0.25) is 11.8 Å². The minimum absolute atomic E-state index is 0.133. The number of piperidine rings is 2. The number of nitrogens with zero attached hydrogens (tertiary/aromatic N) is 4. The Balaban J connectivity index is 0.841. The maximum absolute atomic E-state index is 16.0. The van der Waals surface area contributed by atoms with Crippen molar-refractivity contribution in [1.82, 2.24) is 15.1 Å². The summed E-state index contributed by atoms with van der Waals surface area (Å²) in [6.45, 7) is 11.4. The number of piperazine rings is 1. The zero-order valence-corrected chi connectivity index (χ0v) is 31.0. The summed E-state index contributed by atoms with van der Waals surface area (Å²) >= 11 is 0. The van der Waals surface area contributed by atoms with E-state index >= 15 is 4.39 Å². The molecule has 3 aromatic carbocycles. The van der Waals surface area contributed by atoms with Gasteiger partial charge in [0, 0.05) is 75.9 Å². The molecule has 4 aliphatic heterocycles. The summed E-state index contributed by atoms with van der Waals surface area (Å²) in [5.74, 6) is 1.10. The Morgan fingerprint density at radius 3 is 2.36 bits per heavy atom. The van der Waals surface area contributed by atoms with E-state index in [1.807, 2.05) is 24.3 Å². The second kappa shape index (κ2) is 14.8. The van der Waals surface area contributed by atoms with Crippen LogP contribution in [0.15, 0.2) is 54.6 Å². The number of hydrogen-bond acceptors (Lipinski definition) is 7. The summed E-state index contributed by atoms with van der Waals surface area (Å²) in [6, 6.07) is 17.1. The number of aromatic hydroxyl groups is 1. The van der Waals surface area contributed by atoms with Crippen LogP contribution in [0.5, 0.6) is 5.75 Å². The number of imide groups is 1. The molecule has 5 aliphatic rings. The van der Waals surface area contributed by atoms with Gasteiger partial charge >= 0.3 is 0 Å². The second-order valence-corrected chi connectivity index (χ2v) is 16.5. The fourth-order valence-corrected chi connectivity index (χ4v) is 9.83. The Morgan fingerprint density at radius 2 is 1.62 bits per heavy atom. The van der Waals surface area contributed by atoms with Crippen molar-refractivity contribution in [3.8, 4) is 5.75 Å². The lowest BCUT2D eigenvalue weighted by Crippen LogP contribution is -2.52. The molecule has 3 fully saturated rings. The standard InChI is InChI=1S/C43H52FN5O4/c1-27(2)21-30-4-3-29-23-34(50)7-9-35(29)41(30)31-5-10-38(37(44)24-31)48-15-13-28(14-16-48)25-46-17-19-47(20-18-46)33-6-8-36-32(22-33)26-49(43(36)53)39-11-12-40(51)45-42(39)52/h5-10,22-24,27-28,30,39,41,50H,3-4,11-21,25-26H2,1-2H3,(H,45,51,52)/t30-,39+,41-/m0/s1. The maximum atomic E-state index is 16.0. The average molecular weight is 722 g/mol. The number of phenols is 1. The number of halogens is 1. The van der Waals surface area contributed by atoms with Gasteiger partial charge in [-0.15, -0.1) is 0 Å². The minimum atomic E-state index is -0.601. The van der Waals surface area contributed by atoms with Gasteiger partial charge in [-0.2, -0.15) is 0 Å². The summed E-state index contributed by atoms with van der Waals surface area (Å²) in [5.41, 5.74) is 6.85. The first kappa shape index (κ1) is 35.6. The highest BCUT2D eigenvalue weighted by atomic mass is 19.1. The Hall–Kier alpha value is -4.44. The number of fused-ring (bicyclic) bond motifs is 2. The van der Waals surface area contributed by atoms with E-state index in [9.17, 15) is 19.5 Å². The van der Waals surface area contributed by atoms with Crippen LogP contribution < -0.4 is 15.1 Å². The monoisotopic (exact) mass is 721 g/mol. The predicted octanol–water partition coefficient (Wildman–Crippen LogP) is 6.07. The summed E-state index contributed by atoms with van der Waals surface area (Å²) in [4.78, 5) is 46.0. The highest BCUT2D eigenvalue weighted by Gasteiger charge is 2.39. The molecule has 10 heteroatoms. The van der Waals surface area contributed by atoms with Gasteiger partial charge in [-0.05, 0) is 121 Å². The van der Waals surface area contributed by atoms with Crippen molar-refractivity contribution >= 4 is 29.1 Å². The third kappa shape index (κ3) is 7.27. The number of hydrogen-bond donors (Lipinski definition) is 2. The van der Waals surface area contributed by atoms with E-state index in [0.717, 1.165) is 94.7 Å². The van der Waals surface area contributed by atoms with Crippen molar-refractivity contribution in [2.75, 3.05) is 55.6 Å². The van der Waals surface area contributed by atoms with Crippen LogP contribution in [0, 0.1) is 23.6 Å². The van der Waals surface area contributed by atoms with Gasteiger partial charge in [0.15, 0.2) is 0 Å². The van der Waals surface area contributed by atoms with Crippen LogP contribution in [-0.2, 0) is 22.6 Å². The van der Waals surface area contributed by atoms with Gasteiger partial charge in [-0.3, -0.25) is 24.6 Å². The number of phenolic OH excluding ortho intramolecular Hbond substituents is 1. The first-order valence-electron chi connectivity index (χ1n) is 19.7. The fourth-order valence-electron chi connectivity index (χ4n) is 9.83. The van der Waals surface area contributed by atoms with Gasteiger partial charge < -0.3 is 19.8 Å². The number of carbonyl (C=O) groups excluding carboxylic acids is 3. The van der Waals surface area contributed by atoms with Crippen molar-refractivity contribution in [3.63, 3.8) is 0 Å². The van der Waals surface area contributed by atoms with Gasteiger partial charge in [-0.25, -0.2) is 4.39 Å². The molecular weight excluding hydrogens is 670 g/mol. The molecule has 3 atom stereocenters. The number of rotatable bonds is 8. The molecule has 3 aromatic rings. The normalized spacial score (nSPS) is 24.1. The third-order valence-electron chi connectivity index (χ3n) is 12.5. The third-order valence-corrected chi connectivity index (χ3v) is 12.5. The van der Waals surface area contributed by atoms with E-state index in [-0.39, 0.29) is 35.9 Å². The molecule has 0 spiro atoms.